The van der Waals surface area contributed by atoms with Crippen LogP contribution in [-0.2, 0) is 20.9 Å². The fraction of sp³-hybridized carbons (Fsp3) is 0.632. The number of hydrogen-bond donors (Lipinski definition) is 2. The van der Waals surface area contributed by atoms with E-state index in [4.69, 9.17) is 15.2 Å². The van der Waals surface area contributed by atoms with Crippen LogP contribution in [0.3, 0.4) is 0 Å². The lowest BCUT2D eigenvalue weighted by molar-refractivity contribution is -0.146. The van der Waals surface area contributed by atoms with E-state index in [-0.39, 0.29) is 40.5 Å². The van der Waals surface area contributed by atoms with Crippen LogP contribution in [0, 0.1) is 17.8 Å². The predicted octanol–water partition coefficient (Wildman–Crippen LogP) is 2.74. The summed E-state index contributed by atoms with van der Waals surface area (Å²) < 4.78 is 10.5. The molecule has 3 atom stereocenters. The number of thiophene rings is 1. The lowest BCUT2D eigenvalue weighted by atomic mass is 9.86. The topological polar surface area (TPSA) is 108 Å². The molecule has 0 unspecified atom stereocenters. The van der Waals surface area contributed by atoms with E-state index in [1.165, 1.54) is 26.3 Å². The second-order valence-electron chi connectivity index (χ2n) is 7.25. The van der Waals surface area contributed by atoms with Crippen molar-refractivity contribution in [1.29, 1.82) is 0 Å². The van der Waals surface area contributed by atoms with Crippen molar-refractivity contribution >= 4 is 34.2 Å². The number of nitrogen functional groups attached to an aromatic ring is 1. The molecule has 1 aromatic heterocycles. The van der Waals surface area contributed by atoms with E-state index in [9.17, 15) is 14.4 Å². The van der Waals surface area contributed by atoms with Gasteiger partial charge in [-0.15, -0.1) is 11.3 Å². The number of carbonyl (C=O) groups excluding carboxylic acids is 3. The maximum Gasteiger partial charge on any atom is 0.341 e. The van der Waals surface area contributed by atoms with E-state index >= 15 is 0 Å². The molecule has 27 heavy (non-hydrogen) atoms. The second kappa shape index (κ2) is 8.29. The first-order chi connectivity index (χ1) is 12.9. The second-order valence-corrected chi connectivity index (χ2v) is 8.30. The van der Waals surface area contributed by atoms with Crippen LogP contribution in [0.4, 0.5) is 5.00 Å². The van der Waals surface area contributed by atoms with Gasteiger partial charge in [0.2, 0.25) is 0 Å². The first-order valence-electron chi connectivity index (χ1n) is 9.40. The molecule has 2 fully saturated rings. The van der Waals surface area contributed by atoms with Gasteiger partial charge in [0.05, 0.1) is 6.61 Å². The van der Waals surface area contributed by atoms with Crippen LogP contribution >= 0.6 is 11.3 Å². The Kier molecular flexibility index (Phi) is 6.04. The minimum absolute atomic E-state index is 0.119. The summed E-state index contributed by atoms with van der Waals surface area (Å²) in [6, 6.07) is 0. The molecule has 0 spiro atoms. The lowest BCUT2D eigenvalue weighted by Gasteiger charge is -2.20. The maximum atomic E-state index is 12.3. The van der Waals surface area contributed by atoms with Gasteiger partial charge in [-0.25, -0.2) is 4.79 Å². The number of nitrogens with one attached hydrogen (secondary N) is 1. The van der Waals surface area contributed by atoms with Gasteiger partial charge in [0.1, 0.15) is 22.0 Å². The zero-order chi connectivity index (χ0) is 19.6. The van der Waals surface area contributed by atoms with Crippen LogP contribution in [0.1, 0.15) is 64.6 Å². The van der Waals surface area contributed by atoms with E-state index in [1.807, 2.05) is 0 Å². The molecule has 0 radical (unpaired) electrons. The molecule has 7 nitrogen and oxygen atoms in total. The summed E-state index contributed by atoms with van der Waals surface area (Å²) >= 11 is 0.996. The van der Waals surface area contributed by atoms with Gasteiger partial charge in [-0.05, 0) is 43.9 Å². The molecule has 2 aliphatic carbocycles. The minimum atomic E-state index is -0.611. The Bertz CT molecular complexity index is 745. The first-order valence-corrected chi connectivity index (χ1v) is 10.2. The van der Waals surface area contributed by atoms with Gasteiger partial charge in [0, 0.05) is 19.0 Å². The van der Waals surface area contributed by atoms with Crippen LogP contribution in [-0.4, -0.2) is 31.5 Å². The predicted molar refractivity (Wildman–Crippen MR) is 101 cm³/mol. The Morgan fingerprint density at radius 1 is 1.22 bits per heavy atom. The molecule has 148 valence electrons. The molecule has 3 N–H and O–H groups in total. The highest BCUT2D eigenvalue weighted by atomic mass is 32.1. The van der Waals surface area contributed by atoms with Crippen molar-refractivity contribution < 1.29 is 23.9 Å². The van der Waals surface area contributed by atoms with Crippen molar-refractivity contribution in [1.82, 2.24) is 5.32 Å². The normalized spacial score (nSPS) is 23.3. The van der Waals surface area contributed by atoms with Crippen molar-refractivity contribution in [3.05, 3.63) is 16.0 Å². The van der Waals surface area contributed by atoms with Crippen LogP contribution < -0.4 is 11.1 Å². The highest BCUT2D eigenvalue weighted by Crippen LogP contribution is 2.49. The average Bonchev–Trinajstić information content (AvgIpc) is 3.33. The Labute approximate surface area is 162 Å². The molecule has 1 aromatic rings. The molecular formula is C19H26N2O5S. The number of anilines is 1. The van der Waals surface area contributed by atoms with E-state index < -0.39 is 5.97 Å². The summed E-state index contributed by atoms with van der Waals surface area (Å²) in [5.41, 5.74) is 6.38. The fourth-order valence-corrected chi connectivity index (χ4v) is 5.41. The molecule has 8 heteroatoms. The van der Waals surface area contributed by atoms with Crippen LogP contribution in [0.2, 0.25) is 0 Å². The smallest absolute Gasteiger partial charge is 0.341 e. The maximum absolute atomic E-state index is 12.3. The van der Waals surface area contributed by atoms with E-state index in [0.29, 0.717) is 23.8 Å². The summed E-state index contributed by atoms with van der Waals surface area (Å²) in [5, 5.41) is 2.71. The molecule has 2 saturated carbocycles. The third-order valence-electron chi connectivity index (χ3n) is 5.64. The van der Waals surface area contributed by atoms with Crippen molar-refractivity contribution in [2.24, 2.45) is 17.8 Å². The molecule has 2 bridgehead atoms. The zero-order valence-corrected chi connectivity index (χ0v) is 16.5. The molecule has 0 aromatic carbocycles. The summed E-state index contributed by atoms with van der Waals surface area (Å²) in [6.07, 6.45) is 5.21. The van der Waals surface area contributed by atoms with Crippen molar-refractivity contribution in [3.63, 3.8) is 0 Å². The molecule has 3 rings (SSSR count). The van der Waals surface area contributed by atoms with Gasteiger partial charge in [-0.1, -0.05) is 6.42 Å². The van der Waals surface area contributed by atoms with Gasteiger partial charge < -0.3 is 20.5 Å². The molecule has 0 saturated heterocycles. The molecule has 1 amide bonds. The minimum Gasteiger partial charge on any atom is -0.462 e. The Morgan fingerprint density at radius 2 is 2.00 bits per heavy atom. The van der Waals surface area contributed by atoms with Gasteiger partial charge >= 0.3 is 11.9 Å². The summed E-state index contributed by atoms with van der Waals surface area (Å²) in [7, 11) is 1.49. The number of hydrogen-bond acceptors (Lipinski definition) is 7. The van der Waals surface area contributed by atoms with Crippen LogP contribution in [0.15, 0.2) is 0 Å². The number of carbonyl (C=O) groups is 3. The Morgan fingerprint density at radius 3 is 2.59 bits per heavy atom. The number of nitrogens with two attached hydrogens (primary N) is 1. The number of rotatable bonds is 7. The molecule has 0 aliphatic heterocycles. The first kappa shape index (κ1) is 19.7. The fourth-order valence-electron chi connectivity index (χ4n) is 4.40. The quantitative estimate of drug-likeness (QED) is 0.689. The lowest BCUT2D eigenvalue weighted by Crippen LogP contribution is -2.21. The molecular weight excluding hydrogens is 368 g/mol. The van der Waals surface area contributed by atoms with E-state index in [0.717, 1.165) is 23.7 Å². The summed E-state index contributed by atoms with van der Waals surface area (Å²) in [6.45, 7) is 1.71. The Hall–Kier alpha value is -2.09. The summed E-state index contributed by atoms with van der Waals surface area (Å²) in [5.74, 6) is 0.513. The van der Waals surface area contributed by atoms with E-state index in [2.05, 4.69) is 5.32 Å². The van der Waals surface area contributed by atoms with Gasteiger partial charge in [-0.2, -0.15) is 0 Å². The highest BCUT2D eigenvalue weighted by Gasteiger charge is 2.40. The highest BCUT2D eigenvalue weighted by molar-refractivity contribution is 7.18. The monoisotopic (exact) mass is 394 g/mol. The number of esters is 2. The van der Waals surface area contributed by atoms with Gasteiger partial charge in [-0.3, -0.25) is 9.59 Å². The largest absolute Gasteiger partial charge is 0.462 e. The standard InChI is InChI=1S/C19H26N2O5S/c1-3-25-19(24)15-13(16(18(23)21-2)27-17(15)20)9-26-14(22)8-12-7-10-4-5-11(12)6-10/h10-12H,3-9,20H2,1-2H3,(H,21,23)/t10-,11-,12+/m1/s1. The number of fused-ring (bicyclic) bond motifs is 2. The molecule has 2 aliphatic rings. The summed E-state index contributed by atoms with van der Waals surface area (Å²) in [4.78, 5) is 37.0. The van der Waals surface area contributed by atoms with E-state index in [1.54, 1.807) is 6.92 Å². The van der Waals surface area contributed by atoms with Crippen LogP contribution in [0.25, 0.3) is 0 Å². The Balaban J connectivity index is 1.71. The molecule has 1 heterocycles. The van der Waals surface area contributed by atoms with Crippen LogP contribution in [0.5, 0.6) is 0 Å². The van der Waals surface area contributed by atoms with Crippen molar-refractivity contribution in [2.45, 2.75) is 45.6 Å². The average molecular weight is 394 g/mol. The number of amides is 1. The van der Waals surface area contributed by atoms with Crippen molar-refractivity contribution in [3.8, 4) is 0 Å². The number of ether oxygens (including phenoxy) is 2. The third kappa shape index (κ3) is 4.10. The SMILES string of the molecule is CCOC(=O)c1c(N)sc(C(=O)NC)c1COC(=O)C[C@@H]1C[C@@H]2CC[C@@H]1C2. The third-order valence-corrected chi connectivity index (χ3v) is 6.70. The zero-order valence-electron chi connectivity index (χ0n) is 15.7. The van der Waals surface area contributed by atoms with Crippen molar-refractivity contribution in [2.75, 3.05) is 19.4 Å². The van der Waals surface area contributed by atoms with Gasteiger partial charge in [0.15, 0.2) is 0 Å². The van der Waals surface area contributed by atoms with Gasteiger partial charge in [0.25, 0.3) is 5.91 Å².